The van der Waals surface area contributed by atoms with Crippen LogP contribution in [0.15, 0.2) is 0 Å². The summed E-state index contributed by atoms with van der Waals surface area (Å²) >= 11 is 0. The molecule has 2 nitrogen and oxygen atoms in total. The van der Waals surface area contributed by atoms with E-state index in [0.717, 1.165) is 18.9 Å². The fourth-order valence-corrected chi connectivity index (χ4v) is 4.34. The van der Waals surface area contributed by atoms with Crippen molar-refractivity contribution in [2.24, 2.45) is 16.7 Å². The lowest BCUT2D eigenvalue weighted by atomic mass is 9.70. The maximum Gasteiger partial charge on any atom is 0.157 e. The molecule has 0 aromatic carbocycles. The lowest BCUT2D eigenvalue weighted by molar-refractivity contribution is -0.212. The normalized spacial score (nSPS) is 48.5. The Bertz CT molecular complexity index is 293. The molecule has 1 saturated heterocycles. The highest BCUT2D eigenvalue weighted by Crippen LogP contribution is 2.66. The number of hydrogen-bond donors (Lipinski definition) is 0. The van der Waals surface area contributed by atoms with Crippen LogP contribution in [0.25, 0.3) is 0 Å². The summed E-state index contributed by atoms with van der Waals surface area (Å²) < 4.78 is 12.0. The topological polar surface area (TPSA) is 18.5 Å². The predicted octanol–water partition coefficient (Wildman–Crippen LogP) is 3.74. The van der Waals surface area contributed by atoms with Crippen LogP contribution < -0.4 is 0 Å². The molecule has 1 unspecified atom stereocenters. The van der Waals surface area contributed by atoms with Crippen molar-refractivity contribution in [3.63, 3.8) is 0 Å². The van der Waals surface area contributed by atoms with Crippen LogP contribution in [0, 0.1) is 16.7 Å². The molecule has 1 aliphatic heterocycles. The summed E-state index contributed by atoms with van der Waals surface area (Å²) in [7, 11) is 0. The van der Waals surface area contributed by atoms with Gasteiger partial charge in [-0.1, -0.05) is 20.8 Å². The fourth-order valence-electron chi connectivity index (χ4n) is 4.34. The second-order valence-electron chi connectivity index (χ2n) is 7.03. The highest BCUT2D eigenvalue weighted by Gasteiger charge is 2.62. The lowest BCUT2D eigenvalue weighted by Crippen LogP contribution is -2.40. The Balaban J connectivity index is 1.69. The summed E-state index contributed by atoms with van der Waals surface area (Å²) in [5.41, 5.74) is 0.824. The standard InChI is InChI=1S/C15H26O2/c1-14(2)11-7-8-15(14,3)12(10-11)17-13-6-4-5-9-16-13/h11-13H,4-10H2,1-3H3/t11-,12+,13?,15+/m0/s1. The molecule has 0 aromatic rings. The van der Waals surface area contributed by atoms with Gasteiger partial charge in [-0.3, -0.25) is 0 Å². The van der Waals surface area contributed by atoms with E-state index < -0.39 is 0 Å². The monoisotopic (exact) mass is 238 g/mol. The zero-order valence-electron chi connectivity index (χ0n) is 11.5. The summed E-state index contributed by atoms with van der Waals surface area (Å²) in [6.07, 6.45) is 8.06. The van der Waals surface area contributed by atoms with Crippen molar-refractivity contribution in [3.05, 3.63) is 0 Å². The molecule has 3 rings (SSSR count). The Kier molecular flexibility index (Phi) is 2.79. The largest absolute Gasteiger partial charge is 0.353 e. The van der Waals surface area contributed by atoms with Crippen LogP contribution in [0.1, 0.15) is 59.3 Å². The van der Waals surface area contributed by atoms with Gasteiger partial charge in [0.05, 0.1) is 6.10 Å². The minimum atomic E-state index is 0.0840. The minimum absolute atomic E-state index is 0.0840. The molecular formula is C15H26O2. The van der Waals surface area contributed by atoms with Crippen molar-refractivity contribution in [2.45, 2.75) is 71.7 Å². The van der Waals surface area contributed by atoms with E-state index >= 15 is 0 Å². The maximum absolute atomic E-state index is 6.30. The van der Waals surface area contributed by atoms with Gasteiger partial charge in [-0.25, -0.2) is 0 Å². The number of rotatable bonds is 2. The number of hydrogen-bond acceptors (Lipinski definition) is 2. The van der Waals surface area contributed by atoms with Gasteiger partial charge in [-0.2, -0.15) is 0 Å². The SMILES string of the molecule is CC1(C)[C@H]2CC[C@]1(C)[C@H](OC1CCCCO1)C2. The van der Waals surface area contributed by atoms with Crippen molar-refractivity contribution in [2.75, 3.05) is 6.61 Å². The summed E-state index contributed by atoms with van der Waals surface area (Å²) in [5, 5.41) is 0. The molecule has 3 fully saturated rings. The van der Waals surface area contributed by atoms with Crippen LogP contribution in [0.2, 0.25) is 0 Å². The molecule has 3 aliphatic rings. The first kappa shape index (κ1) is 12.0. The van der Waals surface area contributed by atoms with Gasteiger partial charge in [-0.15, -0.1) is 0 Å². The van der Waals surface area contributed by atoms with Crippen molar-refractivity contribution < 1.29 is 9.47 Å². The Morgan fingerprint density at radius 2 is 1.94 bits per heavy atom. The fraction of sp³-hybridized carbons (Fsp3) is 1.00. The quantitative estimate of drug-likeness (QED) is 0.729. The zero-order chi connectivity index (χ0) is 12.1. The molecule has 0 spiro atoms. The third-order valence-corrected chi connectivity index (χ3v) is 6.17. The molecule has 2 bridgehead atoms. The summed E-state index contributed by atoms with van der Waals surface area (Å²) in [5.74, 6) is 0.862. The molecule has 17 heavy (non-hydrogen) atoms. The molecule has 2 heteroatoms. The van der Waals surface area contributed by atoms with E-state index in [2.05, 4.69) is 20.8 Å². The highest BCUT2D eigenvalue weighted by atomic mass is 16.7. The van der Waals surface area contributed by atoms with Gasteiger partial charge in [0.15, 0.2) is 6.29 Å². The molecule has 98 valence electrons. The molecular weight excluding hydrogens is 212 g/mol. The third kappa shape index (κ3) is 1.67. The van der Waals surface area contributed by atoms with E-state index in [0.29, 0.717) is 16.9 Å². The zero-order valence-corrected chi connectivity index (χ0v) is 11.5. The molecule has 0 N–H and O–H groups in total. The summed E-state index contributed by atoms with van der Waals surface area (Å²) in [6, 6.07) is 0. The van der Waals surface area contributed by atoms with Crippen molar-refractivity contribution in [3.8, 4) is 0 Å². The van der Waals surface area contributed by atoms with E-state index in [1.54, 1.807) is 0 Å². The lowest BCUT2D eigenvalue weighted by Gasteiger charge is -2.40. The molecule has 4 atom stereocenters. The van der Waals surface area contributed by atoms with Crippen LogP contribution in [-0.4, -0.2) is 19.0 Å². The molecule has 2 aliphatic carbocycles. The Hall–Kier alpha value is -0.0800. The van der Waals surface area contributed by atoms with Gasteiger partial charge in [0.25, 0.3) is 0 Å². The smallest absolute Gasteiger partial charge is 0.157 e. The van der Waals surface area contributed by atoms with Gasteiger partial charge in [0, 0.05) is 6.61 Å². The Morgan fingerprint density at radius 1 is 1.12 bits per heavy atom. The second kappa shape index (κ2) is 3.96. The summed E-state index contributed by atoms with van der Waals surface area (Å²) in [4.78, 5) is 0. The first-order valence-electron chi connectivity index (χ1n) is 7.31. The predicted molar refractivity (Wildman–Crippen MR) is 67.7 cm³/mol. The molecule has 0 radical (unpaired) electrons. The van der Waals surface area contributed by atoms with E-state index in [9.17, 15) is 0 Å². The molecule has 1 heterocycles. The molecule has 2 saturated carbocycles. The van der Waals surface area contributed by atoms with E-state index in [1.165, 1.54) is 32.1 Å². The van der Waals surface area contributed by atoms with Crippen LogP contribution in [0.5, 0.6) is 0 Å². The molecule has 0 amide bonds. The van der Waals surface area contributed by atoms with Crippen LogP contribution >= 0.6 is 0 Å². The van der Waals surface area contributed by atoms with Gasteiger partial charge in [-0.05, 0) is 55.3 Å². The average molecular weight is 238 g/mol. The van der Waals surface area contributed by atoms with Crippen molar-refractivity contribution in [1.82, 2.24) is 0 Å². The van der Waals surface area contributed by atoms with Crippen LogP contribution in [0.3, 0.4) is 0 Å². The van der Waals surface area contributed by atoms with Crippen LogP contribution in [0.4, 0.5) is 0 Å². The van der Waals surface area contributed by atoms with E-state index in [1.807, 2.05) is 0 Å². The van der Waals surface area contributed by atoms with Gasteiger partial charge in [0.2, 0.25) is 0 Å². The van der Waals surface area contributed by atoms with Gasteiger partial charge < -0.3 is 9.47 Å². The first-order valence-corrected chi connectivity index (χ1v) is 7.31. The Labute approximate surface area is 105 Å². The highest BCUT2D eigenvalue weighted by molar-refractivity contribution is 5.11. The maximum atomic E-state index is 6.30. The number of fused-ring (bicyclic) bond motifs is 2. The van der Waals surface area contributed by atoms with Crippen molar-refractivity contribution >= 4 is 0 Å². The van der Waals surface area contributed by atoms with E-state index in [-0.39, 0.29) is 6.29 Å². The van der Waals surface area contributed by atoms with Gasteiger partial charge >= 0.3 is 0 Å². The first-order chi connectivity index (χ1) is 8.04. The van der Waals surface area contributed by atoms with Crippen molar-refractivity contribution in [1.29, 1.82) is 0 Å². The minimum Gasteiger partial charge on any atom is -0.353 e. The van der Waals surface area contributed by atoms with Gasteiger partial charge in [0.1, 0.15) is 0 Å². The third-order valence-electron chi connectivity index (χ3n) is 6.17. The summed E-state index contributed by atoms with van der Waals surface area (Å²) in [6.45, 7) is 8.21. The van der Waals surface area contributed by atoms with E-state index in [4.69, 9.17) is 9.47 Å². The second-order valence-corrected chi connectivity index (χ2v) is 7.03. The van der Waals surface area contributed by atoms with Crippen LogP contribution in [-0.2, 0) is 9.47 Å². The Morgan fingerprint density at radius 3 is 2.47 bits per heavy atom. The average Bonchev–Trinajstić information content (AvgIpc) is 2.63. The number of ether oxygens (including phenoxy) is 2. The molecule has 0 aromatic heterocycles.